The molecule has 1 aromatic rings. The zero-order valence-corrected chi connectivity index (χ0v) is 9.40. The first-order valence-electron chi connectivity index (χ1n) is 5.20. The van der Waals surface area contributed by atoms with Gasteiger partial charge in [-0.1, -0.05) is 0 Å². The van der Waals surface area contributed by atoms with E-state index in [9.17, 15) is 0 Å². The number of rotatable bonds is 3. The van der Waals surface area contributed by atoms with E-state index in [-0.39, 0.29) is 0 Å². The predicted octanol–water partition coefficient (Wildman–Crippen LogP) is 2.33. The summed E-state index contributed by atoms with van der Waals surface area (Å²) < 4.78 is 5.42. The van der Waals surface area contributed by atoms with Gasteiger partial charge in [-0.05, 0) is 36.8 Å². The number of thiophene rings is 1. The van der Waals surface area contributed by atoms with Crippen LogP contribution in [-0.4, -0.2) is 19.3 Å². The van der Waals surface area contributed by atoms with Crippen LogP contribution in [0.2, 0.25) is 0 Å². The fraction of sp³-hybridized carbons (Fsp3) is 0.636. The second kappa shape index (κ2) is 4.91. The summed E-state index contributed by atoms with van der Waals surface area (Å²) in [5.41, 5.74) is 1.40. The summed E-state index contributed by atoms with van der Waals surface area (Å²) in [5, 5.41) is 5.71. The largest absolute Gasteiger partial charge is 0.380 e. The van der Waals surface area contributed by atoms with Crippen molar-refractivity contribution >= 4 is 11.3 Å². The summed E-state index contributed by atoms with van der Waals surface area (Å²) in [4.78, 5) is 1.45. The molecule has 1 aromatic heterocycles. The van der Waals surface area contributed by atoms with Crippen LogP contribution in [0.4, 0.5) is 0 Å². The highest BCUT2D eigenvalue weighted by molar-refractivity contribution is 7.10. The van der Waals surface area contributed by atoms with E-state index >= 15 is 0 Å². The monoisotopic (exact) mass is 211 g/mol. The van der Waals surface area contributed by atoms with E-state index in [2.05, 4.69) is 23.7 Å². The smallest absolute Gasteiger partial charge is 0.0619 e. The molecule has 1 saturated heterocycles. The van der Waals surface area contributed by atoms with Gasteiger partial charge in [0.15, 0.2) is 0 Å². The van der Waals surface area contributed by atoms with Gasteiger partial charge >= 0.3 is 0 Å². The van der Waals surface area contributed by atoms with E-state index in [4.69, 9.17) is 4.74 Å². The minimum Gasteiger partial charge on any atom is -0.380 e. The Kier molecular flexibility index (Phi) is 3.56. The summed E-state index contributed by atoms with van der Waals surface area (Å²) >= 11 is 1.83. The van der Waals surface area contributed by atoms with Crippen LogP contribution in [0.3, 0.4) is 0 Å². The van der Waals surface area contributed by atoms with Gasteiger partial charge in [0, 0.05) is 24.1 Å². The minimum absolute atomic E-state index is 0.560. The molecule has 1 N–H and O–H groups in total. The van der Waals surface area contributed by atoms with Gasteiger partial charge in [0.25, 0.3) is 0 Å². The maximum absolute atomic E-state index is 5.42. The maximum atomic E-state index is 5.42. The Labute approximate surface area is 89.3 Å². The van der Waals surface area contributed by atoms with Crippen molar-refractivity contribution in [1.82, 2.24) is 5.32 Å². The molecule has 0 saturated carbocycles. The Bertz CT molecular complexity index is 279. The fourth-order valence-electron chi connectivity index (χ4n) is 1.72. The van der Waals surface area contributed by atoms with Crippen LogP contribution in [0.1, 0.15) is 23.3 Å². The van der Waals surface area contributed by atoms with E-state index in [1.54, 1.807) is 0 Å². The van der Waals surface area contributed by atoms with Crippen LogP contribution in [0, 0.1) is 6.92 Å². The highest BCUT2D eigenvalue weighted by Crippen LogP contribution is 2.16. The van der Waals surface area contributed by atoms with Gasteiger partial charge in [-0.2, -0.15) is 0 Å². The molecule has 2 nitrogen and oxygen atoms in total. The van der Waals surface area contributed by atoms with Crippen molar-refractivity contribution in [3.63, 3.8) is 0 Å². The van der Waals surface area contributed by atoms with Crippen molar-refractivity contribution in [3.05, 3.63) is 21.9 Å². The molecule has 2 heterocycles. The van der Waals surface area contributed by atoms with Crippen molar-refractivity contribution in [2.45, 2.75) is 32.4 Å². The average molecular weight is 211 g/mol. The van der Waals surface area contributed by atoms with Crippen molar-refractivity contribution < 1.29 is 4.74 Å². The third kappa shape index (κ3) is 2.56. The predicted molar refractivity (Wildman–Crippen MR) is 59.7 cm³/mol. The normalized spacial score (nSPS) is 22.5. The highest BCUT2D eigenvalue weighted by Gasteiger charge is 2.13. The van der Waals surface area contributed by atoms with Crippen molar-refractivity contribution in [1.29, 1.82) is 0 Å². The van der Waals surface area contributed by atoms with Crippen LogP contribution in [0.25, 0.3) is 0 Å². The van der Waals surface area contributed by atoms with Gasteiger partial charge in [0.2, 0.25) is 0 Å². The van der Waals surface area contributed by atoms with Gasteiger partial charge in [0.05, 0.1) is 6.61 Å². The van der Waals surface area contributed by atoms with E-state index in [1.807, 2.05) is 11.3 Å². The van der Waals surface area contributed by atoms with Crippen molar-refractivity contribution in [3.8, 4) is 0 Å². The number of nitrogens with one attached hydrogen (secondary N) is 1. The molecule has 3 heteroatoms. The maximum Gasteiger partial charge on any atom is 0.0619 e. The standard InChI is InChI=1S/C11H17NOS/c1-9-4-6-14-11(9)7-12-10-3-2-5-13-8-10/h4,6,10,12H,2-3,5,7-8H2,1H3/t10-/m0/s1. The molecule has 0 bridgehead atoms. The molecule has 2 rings (SSSR count). The summed E-state index contributed by atoms with van der Waals surface area (Å²) in [6.07, 6.45) is 2.45. The van der Waals surface area contributed by atoms with Gasteiger partial charge in [-0.3, -0.25) is 0 Å². The minimum atomic E-state index is 0.560. The van der Waals surface area contributed by atoms with Crippen LogP contribution in [0.15, 0.2) is 11.4 Å². The Hall–Kier alpha value is -0.380. The molecular weight excluding hydrogens is 194 g/mol. The summed E-state index contributed by atoms with van der Waals surface area (Å²) in [7, 11) is 0. The first kappa shape index (κ1) is 10.1. The summed E-state index contributed by atoms with van der Waals surface area (Å²) in [6.45, 7) is 4.99. The molecule has 0 aromatic carbocycles. The van der Waals surface area contributed by atoms with Gasteiger partial charge < -0.3 is 10.1 Å². The lowest BCUT2D eigenvalue weighted by molar-refractivity contribution is 0.0700. The quantitative estimate of drug-likeness (QED) is 0.828. The van der Waals surface area contributed by atoms with Gasteiger partial charge in [0.1, 0.15) is 0 Å². The van der Waals surface area contributed by atoms with Gasteiger partial charge in [-0.25, -0.2) is 0 Å². The molecule has 0 amide bonds. The molecule has 0 aliphatic carbocycles. The SMILES string of the molecule is Cc1ccsc1CN[C@H]1CCCOC1. The lowest BCUT2D eigenvalue weighted by Crippen LogP contribution is -2.36. The van der Waals surface area contributed by atoms with E-state index in [0.29, 0.717) is 6.04 Å². The second-order valence-corrected chi connectivity index (χ2v) is 4.82. The molecule has 1 aliphatic rings. The Morgan fingerprint density at radius 2 is 2.57 bits per heavy atom. The van der Waals surface area contributed by atoms with Crippen LogP contribution in [0.5, 0.6) is 0 Å². The molecule has 1 atom stereocenters. The molecule has 78 valence electrons. The first-order valence-corrected chi connectivity index (χ1v) is 6.08. The van der Waals surface area contributed by atoms with Crippen LogP contribution >= 0.6 is 11.3 Å². The third-order valence-corrected chi connectivity index (χ3v) is 3.70. The average Bonchev–Trinajstić information content (AvgIpc) is 2.63. The van der Waals surface area contributed by atoms with Crippen LogP contribution in [-0.2, 0) is 11.3 Å². The summed E-state index contributed by atoms with van der Waals surface area (Å²) in [6, 6.07) is 2.74. The molecule has 1 aliphatic heterocycles. The van der Waals surface area contributed by atoms with Gasteiger partial charge in [-0.15, -0.1) is 11.3 Å². The van der Waals surface area contributed by atoms with Crippen molar-refractivity contribution in [2.24, 2.45) is 0 Å². The molecule has 14 heavy (non-hydrogen) atoms. The van der Waals surface area contributed by atoms with E-state index in [0.717, 1.165) is 19.8 Å². The van der Waals surface area contributed by atoms with E-state index < -0.39 is 0 Å². The Morgan fingerprint density at radius 1 is 1.64 bits per heavy atom. The zero-order chi connectivity index (χ0) is 9.80. The Morgan fingerprint density at radius 3 is 3.21 bits per heavy atom. The molecule has 1 fully saturated rings. The zero-order valence-electron chi connectivity index (χ0n) is 8.58. The highest BCUT2D eigenvalue weighted by atomic mass is 32.1. The lowest BCUT2D eigenvalue weighted by Gasteiger charge is -2.23. The first-order chi connectivity index (χ1) is 6.86. The van der Waals surface area contributed by atoms with E-state index in [1.165, 1.54) is 23.3 Å². The molecular formula is C11H17NOS. The summed E-state index contributed by atoms with van der Waals surface area (Å²) in [5.74, 6) is 0. The fourth-order valence-corrected chi connectivity index (χ4v) is 2.58. The molecule has 0 radical (unpaired) electrons. The number of hydrogen-bond donors (Lipinski definition) is 1. The molecule has 0 spiro atoms. The number of aryl methyl sites for hydroxylation is 1. The van der Waals surface area contributed by atoms with Crippen LogP contribution < -0.4 is 5.32 Å². The third-order valence-electron chi connectivity index (χ3n) is 2.68. The number of hydrogen-bond acceptors (Lipinski definition) is 3. The Balaban J connectivity index is 1.79. The van der Waals surface area contributed by atoms with Crippen molar-refractivity contribution in [2.75, 3.05) is 13.2 Å². The number of ether oxygens (including phenoxy) is 1. The topological polar surface area (TPSA) is 21.3 Å². The lowest BCUT2D eigenvalue weighted by atomic mass is 10.1. The second-order valence-electron chi connectivity index (χ2n) is 3.82. The molecule has 0 unspecified atom stereocenters.